The molecule has 1 N–H and O–H groups in total. The molecule has 0 aliphatic carbocycles. The molecule has 1 atom stereocenters. The number of benzene rings is 1. The number of piperidine rings is 1. The number of nitrogens with zero attached hydrogens (tertiary/aromatic N) is 1. The van der Waals surface area contributed by atoms with E-state index in [2.05, 4.69) is 63.9 Å². The molecule has 1 heterocycles. The van der Waals surface area contributed by atoms with Crippen molar-refractivity contribution in [1.29, 1.82) is 0 Å². The van der Waals surface area contributed by atoms with Crippen LogP contribution >= 0.6 is 0 Å². The van der Waals surface area contributed by atoms with Crippen molar-refractivity contribution in [2.45, 2.75) is 96.4 Å². The van der Waals surface area contributed by atoms with Gasteiger partial charge in [-0.25, -0.2) is 0 Å². The fourth-order valence-corrected chi connectivity index (χ4v) is 4.44. The van der Waals surface area contributed by atoms with Crippen LogP contribution in [0.25, 0.3) is 0 Å². The first kappa shape index (κ1) is 19.4. The van der Waals surface area contributed by atoms with Gasteiger partial charge >= 0.3 is 0 Å². The normalized spacial score (nSPS) is 22.4. The summed E-state index contributed by atoms with van der Waals surface area (Å²) >= 11 is 0. The summed E-state index contributed by atoms with van der Waals surface area (Å²) in [6.07, 6.45) is 5.32. The van der Waals surface area contributed by atoms with Crippen molar-refractivity contribution >= 4 is 0 Å². The van der Waals surface area contributed by atoms with Gasteiger partial charge in [-0.1, -0.05) is 58.0 Å². The molecule has 1 aromatic rings. The summed E-state index contributed by atoms with van der Waals surface area (Å²) < 4.78 is 0. The molecule has 1 aliphatic rings. The second kappa shape index (κ2) is 7.99. The highest BCUT2D eigenvalue weighted by Gasteiger charge is 2.52. The molecule has 1 aromatic carbocycles. The first-order valence-electron chi connectivity index (χ1n) is 9.67. The molecule has 1 fully saturated rings. The van der Waals surface area contributed by atoms with Gasteiger partial charge in [-0.3, -0.25) is 4.84 Å². The topological polar surface area (TPSA) is 32.7 Å². The highest BCUT2D eigenvalue weighted by Crippen LogP contribution is 2.47. The van der Waals surface area contributed by atoms with Gasteiger partial charge in [-0.15, -0.1) is 0 Å². The molecule has 0 aromatic heterocycles. The Morgan fingerprint density at radius 1 is 1.00 bits per heavy atom. The highest BCUT2D eigenvalue weighted by atomic mass is 16.7. The predicted molar refractivity (Wildman–Crippen MR) is 99.6 cm³/mol. The van der Waals surface area contributed by atoms with E-state index in [0.29, 0.717) is 0 Å². The molecule has 1 saturated heterocycles. The Kier molecular flexibility index (Phi) is 6.46. The van der Waals surface area contributed by atoms with E-state index in [1.807, 2.05) is 6.07 Å². The third kappa shape index (κ3) is 3.54. The molecular formula is C21H35NO2. The van der Waals surface area contributed by atoms with Gasteiger partial charge in [0.25, 0.3) is 0 Å². The van der Waals surface area contributed by atoms with Gasteiger partial charge in [0.05, 0.1) is 6.10 Å². The van der Waals surface area contributed by atoms with E-state index in [4.69, 9.17) is 4.84 Å². The van der Waals surface area contributed by atoms with E-state index in [1.54, 1.807) is 0 Å². The Labute approximate surface area is 148 Å². The molecule has 2 rings (SSSR count). The van der Waals surface area contributed by atoms with Gasteiger partial charge in [0.15, 0.2) is 0 Å². The number of aliphatic hydroxyl groups excluding tert-OH is 1. The van der Waals surface area contributed by atoms with Crippen LogP contribution in [-0.2, 0) is 4.84 Å². The molecule has 0 spiro atoms. The number of hydrogen-bond acceptors (Lipinski definition) is 3. The summed E-state index contributed by atoms with van der Waals surface area (Å²) in [5.41, 5.74) is 1.02. The van der Waals surface area contributed by atoms with Crippen LogP contribution in [-0.4, -0.2) is 27.4 Å². The maximum Gasteiger partial charge on any atom is 0.102 e. The summed E-state index contributed by atoms with van der Waals surface area (Å²) in [6, 6.07) is 10.4. The van der Waals surface area contributed by atoms with Gasteiger partial charge < -0.3 is 5.11 Å². The van der Waals surface area contributed by atoms with E-state index in [9.17, 15) is 5.11 Å². The fraction of sp³-hybridized carbons (Fsp3) is 0.714. The molecule has 24 heavy (non-hydrogen) atoms. The lowest BCUT2D eigenvalue weighted by molar-refractivity contribution is -0.332. The van der Waals surface area contributed by atoms with Gasteiger partial charge in [-0.2, -0.15) is 5.06 Å². The van der Waals surface area contributed by atoms with E-state index in [0.717, 1.165) is 38.5 Å². The Bertz CT molecular complexity index is 472. The maximum absolute atomic E-state index is 10.6. The van der Waals surface area contributed by atoms with Crippen molar-refractivity contribution in [3.63, 3.8) is 0 Å². The van der Waals surface area contributed by atoms with Crippen molar-refractivity contribution in [3.05, 3.63) is 35.9 Å². The lowest BCUT2D eigenvalue weighted by Crippen LogP contribution is -2.65. The van der Waals surface area contributed by atoms with Crippen molar-refractivity contribution in [2.75, 3.05) is 0 Å². The number of hydrogen-bond donors (Lipinski definition) is 1. The number of aliphatic hydroxyl groups is 1. The predicted octanol–water partition coefficient (Wildman–Crippen LogP) is 5.25. The van der Waals surface area contributed by atoms with E-state index in [1.165, 1.54) is 5.56 Å². The van der Waals surface area contributed by atoms with Crippen LogP contribution in [0.4, 0.5) is 0 Å². The summed E-state index contributed by atoms with van der Waals surface area (Å²) in [7, 11) is 0. The van der Waals surface area contributed by atoms with Gasteiger partial charge in [0.1, 0.15) is 6.10 Å². The van der Waals surface area contributed by atoms with Crippen molar-refractivity contribution in [1.82, 2.24) is 5.06 Å². The summed E-state index contributed by atoms with van der Waals surface area (Å²) in [5.74, 6) is 0. The molecular weight excluding hydrogens is 298 g/mol. The number of hydroxylamine groups is 2. The number of rotatable bonds is 7. The largest absolute Gasteiger partial charge is 0.393 e. The van der Waals surface area contributed by atoms with Crippen molar-refractivity contribution in [3.8, 4) is 0 Å². The van der Waals surface area contributed by atoms with Crippen molar-refractivity contribution in [2.24, 2.45) is 0 Å². The summed E-state index contributed by atoms with van der Waals surface area (Å²) in [6.45, 7) is 11.0. The summed E-state index contributed by atoms with van der Waals surface area (Å²) in [5, 5.41) is 12.9. The van der Waals surface area contributed by atoms with Gasteiger partial charge in [-0.05, 0) is 51.0 Å². The lowest BCUT2D eigenvalue weighted by Gasteiger charge is -2.58. The molecule has 1 aliphatic heterocycles. The van der Waals surface area contributed by atoms with Gasteiger partial charge in [0, 0.05) is 11.1 Å². The minimum Gasteiger partial charge on any atom is -0.393 e. The Balaban J connectivity index is 2.38. The van der Waals surface area contributed by atoms with Crippen LogP contribution in [0.5, 0.6) is 0 Å². The Morgan fingerprint density at radius 3 is 1.88 bits per heavy atom. The third-order valence-corrected chi connectivity index (χ3v) is 6.26. The SMILES string of the molecule is CCC1(CC)CC(O)CC(CC)(CC)N1OC(C)c1ccccc1. The smallest absolute Gasteiger partial charge is 0.102 e. The van der Waals surface area contributed by atoms with Crippen LogP contribution in [0.1, 0.15) is 84.8 Å². The van der Waals surface area contributed by atoms with Crippen LogP contribution < -0.4 is 0 Å². The van der Waals surface area contributed by atoms with Crippen LogP contribution in [0.2, 0.25) is 0 Å². The Hall–Kier alpha value is -0.900. The average molecular weight is 334 g/mol. The molecule has 3 nitrogen and oxygen atoms in total. The zero-order chi connectivity index (χ0) is 17.8. The quantitative estimate of drug-likeness (QED) is 0.739. The molecule has 0 bridgehead atoms. The van der Waals surface area contributed by atoms with Gasteiger partial charge in [0.2, 0.25) is 0 Å². The molecule has 0 saturated carbocycles. The average Bonchev–Trinajstić information content (AvgIpc) is 2.63. The molecule has 1 unspecified atom stereocenters. The monoisotopic (exact) mass is 333 g/mol. The molecule has 3 heteroatoms. The molecule has 0 radical (unpaired) electrons. The minimum atomic E-state index is -0.239. The second-order valence-corrected chi connectivity index (χ2v) is 7.38. The first-order chi connectivity index (χ1) is 11.5. The zero-order valence-electron chi connectivity index (χ0n) is 16.1. The van der Waals surface area contributed by atoms with E-state index in [-0.39, 0.29) is 23.3 Å². The lowest BCUT2D eigenvalue weighted by atomic mass is 9.72. The minimum absolute atomic E-state index is 0.0105. The standard InChI is InChI=1S/C21H35NO2/c1-6-20(7-2)15-19(23)16-21(8-3,9-4)22(20)24-17(5)18-13-11-10-12-14-18/h10-14,17,19,23H,6-9,15-16H2,1-5H3. The molecule has 136 valence electrons. The van der Waals surface area contributed by atoms with Crippen LogP contribution in [0.3, 0.4) is 0 Å². The third-order valence-electron chi connectivity index (χ3n) is 6.26. The summed E-state index contributed by atoms with van der Waals surface area (Å²) in [4.78, 5) is 6.64. The second-order valence-electron chi connectivity index (χ2n) is 7.38. The van der Waals surface area contributed by atoms with Crippen LogP contribution in [0.15, 0.2) is 30.3 Å². The van der Waals surface area contributed by atoms with E-state index >= 15 is 0 Å². The zero-order valence-corrected chi connectivity index (χ0v) is 16.1. The first-order valence-corrected chi connectivity index (χ1v) is 9.67. The van der Waals surface area contributed by atoms with Crippen molar-refractivity contribution < 1.29 is 9.94 Å². The Morgan fingerprint density at radius 2 is 1.46 bits per heavy atom. The fourth-order valence-electron chi connectivity index (χ4n) is 4.44. The molecule has 0 amide bonds. The van der Waals surface area contributed by atoms with Crippen LogP contribution in [0, 0.1) is 0 Å². The maximum atomic E-state index is 10.6. The van der Waals surface area contributed by atoms with E-state index < -0.39 is 0 Å². The highest BCUT2D eigenvalue weighted by molar-refractivity contribution is 5.17.